The second-order valence-corrected chi connectivity index (χ2v) is 4.74. The van der Waals surface area contributed by atoms with Gasteiger partial charge in [0.1, 0.15) is 6.04 Å². The third-order valence-electron chi connectivity index (χ3n) is 3.49. The molecule has 2 rings (SSSR count). The summed E-state index contributed by atoms with van der Waals surface area (Å²) in [7, 11) is 0. The van der Waals surface area contributed by atoms with Crippen molar-refractivity contribution in [2.24, 2.45) is 5.73 Å². The number of rotatable bonds is 3. The number of benzene rings is 1. The van der Waals surface area contributed by atoms with Crippen LogP contribution in [-0.2, 0) is 11.3 Å². The van der Waals surface area contributed by atoms with Crippen LogP contribution >= 0.6 is 0 Å². The van der Waals surface area contributed by atoms with Gasteiger partial charge in [0, 0.05) is 25.3 Å². The summed E-state index contributed by atoms with van der Waals surface area (Å²) < 4.78 is 0. The van der Waals surface area contributed by atoms with E-state index in [0.29, 0.717) is 13.1 Å². The SMILES string of the molecule is CCC1C(=O)NCCN1c1cc(C)ccc1CN. The molecular weight excluding hydrogens is 226 g/mol. The van der Waals surface area contributed by atoms with Gasteiger partial charge in [0.15, 0.2) is 0 Å². The maximum absolute atomic E-state index is 11.9. The van der Waals surface area contributed by atoms with Crippen LogP contribution in [0.25, 0.3) is 0 Å². The number of aryl methyl sites for hydroxylation is 1. The van der Waals surface area contributed by atoms with Crippen LogP contribution in [0.4, 0.5) is 5.69 Å². The van der Waals surface area contributed by atoms with Gasteiger partial charge >= 0.3 is 0 Å². The molecule has 0 saturated carbocycles. The molecule has 18 heavy (non-hydrogen) atoms. The highest BCUT2D eigenvalue weighted by Gasteiger charge is 2.29. The van der Waals surface area contributed by atoms with Crippen molar-refractivity contribution in [1.29, 1.82) is 0 Å². The summed E-state index contributed by atoms with van der Waals surface area (Å²) in [6.45, 7) is 6.16. The lowest BCUT2D eigenvalue weighted by Crippen LogP contribution is -2.55. The van der Waals surface area contributed by atoms with Crippen LogP contribution < -0.4 is 16.0 Å². The van der Waals surface area contributed by atoms with Crippen LogP contribution in [0.15, 0.2) is 18.2 Å². The molecule has 1 unspecified atom stereocenters. The molecule has 1 amide bonds. The zero-order valence-corrected chi connectivity index (χ0v) is 11.1. The van der Waals surface area contributed by atoms with Crippen molar-refractivity contribution >= 4 is 11.6 Å². The van der Waals surface area contributed by atoms with Crippen molar-refractivity contribution in [1.82, 2.24) is 5.32 Å². The van der Waals surface area contributed by atoms with Gasteiger partial charge in [-0.25, -0.2) is 0 Å². The highest BCUT2D eigenvalue weighted by molar-refractivity contribution is 5.86. The molecule has 1 fully saturated rings. The quantitative estimate of drug-likeness (QED) is 0.843. The van der Waals surface area contributed by atoms with Gasteiger partial charge in [-0.05, 0) is 30.5 Å². The summed E-state index contributed by atoms with van der Waals surface area (Å²) in [6, 6.07) is 6.18. The molecule has 1 heterocycles. The highest BCUT2D eigenvalue weighted by atomic mass is 16.2. The van der Waals surface area contributed by atoms with E-state index in [0.717, 1.165) is 24.2 Å². The number of nitrogens with two attached hydrogens (primary N) is 1. The second kappa shape index (κ2) is 5.40. The average Bonchev–Trinajstić information content (AvgIpc) is 2.38. The number of nitrogens with zero attached hydrogens (tertiary/aromatic N) is 1. The molecule has 0 aliphatic carbocycles. The van der Waals surface area contributed by atoms with E-state index in [4.69, 9.17) is 5.73 Å². The number of amides is 1. The molecule has 1 aliphatic rings. The summed E-state index contributed by atoms with van der Waals surface area (Å²) in [5.41, 5.74) is 9.21. The number of hydrogen-bond acceptors (Lipinski definition) is 3. The Labute approximate surface area is 108 Å². The molecule has 1 aromatic rings. The van der Waals surface area contributed by atoms with Crippen LogP contribution in [0.5, 0.6) is 0 Å². The summed E-state index contributed by atoms with van der Waals surface area (Å²) in [6.07, 6.45) is 0.809. The first kappa shape index (κ1) is 12.9. The van der Waals surface area contributed by atoms with Gasteiger partial charge in [0.25, 0.3) is 0 Å². The Kier molecular flexibility index (Phi) is 3.87. The summed E-state index contributed by atoms with van der Waals surface area (Å²) in [4.78, 5) is 14.1. The van der Waals surface area contributed by atoms with E-state index in [-0.39, 0.29) is 11.9 Å². The van der Waals surface area contributed by atoms with Crippen LogP contribution in [-0.4, -0.2) is 25.0 Å². The third kappa shape index (κ3) is 2.34. The first-order valence-electron chi connectivity index (χ1n) is 6.51. The number of carbonyl (C=O) groups excluding carboxylic acids is 1. The summed E-state index contributed by atoms with van der Waals surface area (Å²) in [5, 5.41) is 2.92. The Bertz CT molecular complexity index is 445. The van der Waals surface area contributed by atoms with Gasteiger partial charge in [-0.3, -0.25) is 4.79 Å². The number of nitrogens with one attached hydrogen (secondary N) is 1. The molecule has 1 aliphatic heterocycles. The standard InChI is InChI=1S/C14H21N3O/c1-3-12-14(18)16-6-7-17(12)13-8-10(2)4-5-11(13)9-15/h4-5,8,12H,3,6-7,9,15H2,1-2H3,(H,16,18). The number of hydrogen-bond donors (Lipinski definition) is 2. The van der Waals surface area contributed by atoms with E-state index in [1.165, 1.54) is 5.56 Å². The number of piperazine rings is 1. The van der Waals surface area contributed by atoms with E-state index in [1.807, 2.05) is 6.92 Å². The third-order valence-corrected chi connectivity index (χ3v) is 3.49. The number of carbonyl (C=O) groups is 1. The Balaban J connectivity index is 2.39. The van der Waals surface area contributed by atoms with Gasteiger partial charge in [-0.1, -0.05) is 19.1 Å². The lowest BCUT2D eigenvalue weighted by Gasteiger charge is -2.37. The molecule has 0 spiro atoms. The van der Waals surface area contributed by atoms with Gasteiger partial charge in [0.2, 0.25) is 5.91 Å². The topological polar surface area (TPSA) is 58.4 Å². The van der Waals surface area contributed by atoms with Gasteiger partial charge in [0.05, 0.1) is 0 Å². The largest absolute Gasteiger partial charge is 0.357 e. The molecule has 98 valence electrons. The van der Waals surface area contributed by atoms with Crippen molar-refractivity contribution in [3.63, 3.8) is 0 Å². The molecular formula is C14H21N3O. The van der Waals surface area contributed by atoms with Crippen molar-refractivity contribution < 1.29 is 4.79 Å². The Morgan fingerprint density at radius 1 is 1.50 bits per heavy atom. The van der Waals surface area contributed by atoms with Crippen molar-refractivity contribution in [2.45, 2.75) is 32.9 Å². The number of anilines is 1. The van der Waals surface area contributed by atoms with Gasteiger partial charge in [-0.15, -0.1) is 0 Å². The minimum Gasteiger partial charge on any atom is -0.357 e. The van der Waals surface area contributed by atoms with Crippen LogP contribution in [0.2, 0.25) is 0 Å². The molecule has 4 heteroatoms. The second-order valence-electron chi connectivity index (χ2n) is 4.74. The first-order valence-corrected chi connectivity index (χ1v) is 6.51. The maximum Gasteiger partial charge on any atom is 0.242 e. The van der Waals surface area contributed by atoms with E-state index >= 15 is 0 Å². The van der Waals surface area contributed by atoms with E-state index < -0.39 is 0 Å². The van der Waals surface area contributed by atoms with Crippen molar-refractivity contribution in [3.8, 4) is 0 Å². The normalized spacial score (nSPS) is 19.8. The molecule has 0 radical (unpaired) electrons. The van der Waals surface area contributed by atoms with Crippen molar-refractivity contribution in [2.75, 3.05) is 18.0 Å². The molecule has 1 atom stereocenters. The van der Waals surface area contributed by atoms with Crippen LogP contribution in [0.3, 0.4) is 0 Å². The lowest BCUT2D eigenvalue weighted by molar-refractivity contribution is -0.123. The monoisotopic (exact) mass is 247 g/mol. The Hall–Kier alpha value is -1.55. The Morgan fingerprint density at radius 3 is 2.94 bits per heavy atom. The molecule has 0 bridgehead atoms. The maximum atomic E-state index is 11.9. The highest BCUT2D eigenvalue weighted by Crippen LogP contribution is 2.26. The molecule has 1 saturated heterocycles. The minimum absolute atomic E-state index is 0.0779. The smallest absolute Gasteiger partial charge is 0.242 e. The van der Waals surface area contributed by atoms with Crippen molar-refractivity contribution in [3.05, 3.63) is 29.3 Å². The fraction of sp³-hybridized carbons (Fsp3) is 0.500. The summed E-state index contributed by atoms with van der Waals surface area (Å²) >= 11 is 0. The molecule has 4 nitrogen and oxygen atoms in total. The molecule has 0 aromatic heterocycles. The fourth-order valence-corrected chi connectivity index (χ4v) is 2.52. The summed E-state index contributed by atoms with van der Waals surface area (Å²) in [5.74, 6) is 0.119. The van der Waals surface area contributed by atoms with E-state index in [2.05, 4.69) is 35.3 Å². The predicted octanol–water partition coefficient (Wildman–Crippen LogP) is 1.17. The Morgan fingerprint density at radius 2 is 2.28 bits per heavy atom. The zero-order chi connectivity index (χ0) is 13.1. The van der Waals surface area contributed by atoms with Crippen LogP contribution in [0.1, 0.15) is 24.5 Å². The van der Waals surface area contributed by atoms with E-state index in [1.54, 1.807) is 0 Å². The zero-order valence-electron chi connectivity index (χ0n) is 11.1. The van der Waals surface area contributed by atoms with E-state index in [9.17, 15) is 4.79 Å². The average molecular weight is 247 g/mol. The fourth-order valence-electron chi connectivity index (χ4n) is 2.52. The lowest BCUT2D eigenvalue weighted by atomic mass is 10.0. The van der Waals surface area contributed by atoms with Crippen LogP contribution in [0, 0.1) is 6.92 Å². The van der Waals surface area contributed by atoms with Gasteiger partial charge < -0.3 is 16.0 Å². The molecule has 3 N–H and O–H groups in total. The first-order chi connectivity index (χ1) is 8.67. The predicted molar refractivity (Wildman–Crippen MR) is 73.5 cm³/mol. The molecule has 1 aromatic carbocycles. The van der Waals surface area contributed by atoms with Gasteiger partial charge in [-0.2, -0.15) is 0 Å². The minimum atomic E-state index is -0.0779.